The molecule has 1 aliphatic rings. The predicted molar refractivity (Wildman–Crippen MR) is 99.0 cm³/mol. The Kier molecular flexibility index (Phi) is 2.37. The molecule has 0 nitrogen and oxygen atoms in total. The summed E-state index contributed by atoms with van der Waals surface area (Å²) in [4.78, 5) is 0. The van der Waals surface area contributed by atoms with Crippen LogP contribution in [-0.4, -0.2) is 0 Å². The van der Waals surface area contributed by atoms with Crippen molar-refractivity contribution in [3.8, 4) is 11.1 Å². The van der Waals surface area contributed by atoms with Gasteiger partial charge < -0.3 is 0 Å². The largest absolute Gasteiger partial charge is 0.0619 e. The second kappa shape index (κ2) is 4.23. The zero-order valence-electron chi connectivity index (χ0n) is 13.4. The first-order valence-corrected chi connectivity index (χ1v) is 8.21. The summed E-state index contributed by atoms with van der Waals surface area (Å²) in [6.07, 6.45) is 0. The van der Waals surface area contributed by atoms with Crippen LogP contribution in [0.5, 0.6) is 0 Å². The van der Waals surface area contributed by atoms with Crippen LogP contribution in [0.15, 0.2) is 72.8 Å². The third-order valence-electron chi connectivity index (χ3n) is 5.41. The number of fused-ring (bicyclic) bond motifs is 5. The highest BCUT2D eigenvalue weighted by Gasteiger charge is 2.35. The van der Waals surface area contributed by atoms with Crippen molar-refractivity contribution in [1.29, 1.82) is 0 Å². The molecule has 4 aromatic rings. The second-order valence-corrected chi connectivity index (χ2v) is 7.11. The Labute approximate surface area is 136 Å². The lowest BCUT2D eigenvalue weighted by molar-refractivity contribution is 0.661. The van der Waals surface area contributed by atoms with Gasteiger partial charge in [0.05, 0.1) is 0 Å². The van der Waals surface area contributed by atoms with Crippen molar-refractivity contribution in [2.24, 2.45) is 0 Å². The lowest BCUT2D eigenvalue weighted by atomic mass is 9.82. The molecule has 1 aliphatic carbocycles. The van der Waals surface area contributed by atoms with Crippen molar-refractivity contribution >= 4 is 21.5 Å². The molecule has 0 heteroatoms. The molecule has 0 unspecified atom stereocenters. The molecule has 110 valence electrons. The lowest BCUT2D eigenvalue weighted by Gasteiger charge is -2.21. The van der Waals surface area contributed by atoms with Crippen molar-refractivity contribution in [3.05, 3.63) is 83.9 Å². The molecule has 0 aliphatic heterocycles. The van der Waals surface area contributed by atoms with Crippen molar-refractivity contribution in [1.82, 2.24) is 0 Å². The molecule has 23 heavy (non-hydrogen) atoms. The maximum absolute atomic E-state index is 2.40. The van der Waals surface area contributed by atoms with Crippen LogP contribution in [0.3, 0.4) is 0 Å². The highest BCUT2D eigenvalue weighted by Crippen LogP contribution is 2.49. The first kappa shape index (κ1) is 12.9. The summed E-state index contributed by atoms with van der Waals surface area (Å²) >= 11 is 0. The highest BCUT2D eigenvalue weighted by atomic mass is 14.4. The van der Waals surface area contributed by atoms with Gasteiger partial charge in [-0.2, -0.15) is 0 Å². The Bertz CT molecular complexity index is 1080. The van der Waals surface area contributed by atoms with E-state index in [1.54, 1.807) is 0 Å². The SMILES string of the molecule is CC1(C)c2ccccc2-c2cc3cc4ccccc4cc3cc21. The molecule has 0 radical (unpaired) electrons. The quantitative estimate of drug-likeness (QED) is 0.334. The summed E-state index contributed by atoms with van der Waals surface area (Å²) in [6.45, 7) is 4.68. The Morgan fingerprint density at radius 3 is 1.87 bits per heavy atom. The molecule has 0 saturated carbocycles. The van der Waals surface area contributed by atoms with Crippen molar-refractivity contribution in [2.75, 3.05) is 0 Å². The summed E-state index contributed by atoms with van der Waals surface area (Å²) in [6, 6.07) is 26.9. The molecule has 0 fully saturated rings. The molecule has 0 heterocycles. The van der Waals surface area contributed by atoms with E-state index in [1.807, 2.05) is 0 Å². The van der Waals surface area contributed by atoms with Crippen LogP contribution >= 0.6 is 0 Å². The average Bonchev–Trinajstić information content (AvgIpc) is 2.79. The van der Waals surface area contributed by atoms with Crippen LogP contribution < -0.4 is 0 Å². The maximum atomic E-state index is 2.40. The van der Waals surface area contributed by atoms with Gasteiger partial charge in [-0.25, -0.2) is 0 Å². The third kappa shape index (κ3) is 1.66. The molecule has 0 spiro atoms. The number of hydrogen-bond donors (Lipinski definition) is 0. The minimum Gasteiger partial charge on any atom is -0.0619 e. The fourth-order valence-electron chi connectivity index (χ4n) is 4.14. The van der Waals surface area contributed by atoms with Gasteiger partial charge in [0.1, 0.15) is 0 Å². The maximum Gasteiger partial charge on any atom is 0.0159 e. The van der Waals surface area contributed by atoms with Gasteiger partial charge in [0.15, 0.2) is 0 Å². The standard InChI is InChI=1S/C23H18/c1-23(2)21-10-6-5-9-19(21)20-13-17-11-15-7-3-4-8-16(15)12-18(17)14-22(20)23/h3-14H,1-2H3. The zero-order chi connectivity index (χ0) is 15.6. The smallest absolute Gasteiger partial charge is 0.0159 e. The van der Waals surface area contributed by atoms with Crippen LogP contribution in [0.4, 0.5) is 0 Å². The van der Waals surface area contributed by atoms with Crippen LogP contribution in [0.1, 0.15) is 25.0 Å². The monoisotopic (exact) mass is 294 g/mol. The Hall–Kier alpha value is -2.60. The van der Waals surface area contributed by atoms with Gasteiger partial charge in [0.2, 0.25) is 0 Å². The molecular formula is C23H18. The molecule has 0 saturated heterocycles. The first-order chi connectivity index (χ1) is 11.1. The molecule has 0 aromatic heterocycles. The number of benzene rings is 4. The van der Waals surface area contributed by atoms with Crippen molar-refractivity contribution in [3.63, 3.8) is 0 Å². The summed E-state index contributed by atoms with van der Waals surface area (Å²) in [5.41, 5.74) is 5.75. The average molecular weight is 294 g/mol. The van der Waals surface area contributed by atoms with Crippen molar-refractivity contribution < 1.29 is 0 Å². The Balaban J connectivity index is 1.90. The van der Waals surface area contributed by atoms with E-state index in [2.05, 4.69) is 86.6 Å². The van der Waals surface area contributed by atoms with E-state index in [9.17, 15) is 0 Å². The van der Waals surface area contributed by atoms with Crippen LogP contribution in [0.2, 0.25) is 0 Å². The summed E-state index contributed by atoms with van der Waals surface area (Å²) in [5.74, 6) is 0. The molecular weight excluding hydrogens is 276 g/mol. The van der Waals surface area contributed by atoms with Gasteiger partial charge in [-0.1, -0.05) is 62.4 Å². The van der Waals surface area contributed by atoms with E-state index in [4.69, 9.17) is 0 Å². The van der Waals surface area contributed by atoms with E-state index in [-0.39, 0.29) is 5.41 Å². The van der Waals surface area contributed by atoms with E-state index in [0.717, 1.165) is 0 Å². The van der Waals surface area contributed by atoms with Crippen LogP contribution in [0, 0.1) is 0 Å². The molecule has 0 amide bonds. The van der Waals surface area contributed by atoms with Gasteiger partial charge in [0.25, 0.3) is 0 Å². The predicted octanol–water partition coefficient (Wildman–Crippen LogP) is 6.30. The molecule has 5 rings (SSSR count). The van der Waals surface area contributed by atoms with Crippen LogP contribution in [0.25, 0.3) is 32.7 Å². The minimum absolute atomic E-state index is 0.0752. The number of rotatable bonds is 0. The van der Waals surface area contributed by atoms with Crippen LogP contribution in [-0.2, 0) is 5.41 Å². The van der Waals surface area contributed by atoms with E-state index >= 15 is 0 Å². The summed E-state index contributed by atoms with van der Waals surface area (Å²) in [7, 11) is 0. The van der Waals surface area contributed by atoms with Gasteiger partial charge in [0, 0.05) is 5.41 Å². The Morgan fingerprint density at radius 1 is 0.522 bits per heavy atom. The number of hydrogen-bond acceptors (Lipinski definition) is 0. The zero-order valence-corrected chi connectivity index (χ0v) is 13.4. The summed E-state index contributed by atoms with van der Waals surface area (Å²) in [5, 5.41) is 5.29. The van der Waals surface area contributed by atoms with E-state index in [1.165, 1.54) is 43.8 Å². The molecule has 0 atom stereocenters. The molecule has 4 aromatic carbocycles. The normalized spacial score (nSPS) is 14.9. The topological polar surface area (TPSA) is 0 Å². The summed E-state index contributed by atoms with van der Waals surface area (Å²) < 4.78 is 0. The van der Waals surface area contributed by atoms with E-state index < -0.39 is 0 Å². The molecule has 0 N–H and O–H groups in total. The molecule has 0 bridgehead atoms. The van der Waals surface area contributed by atoms with E-state index in [0.29, 0.717) is 0 Å². The minimum atomic E-state index is 0.0752. The third-order valence-corrected chi connectivity index (χ3v) is 5.41. The Morgan fingerprint density at radius 2 is 1.13 bits per heavy atom. The fourth-order valence-corrected chi connectivity index (χ4v) is 4.14. The lowest BCUT2D eigenvalue weighted by Crippen LogP contribution is -2.14. The van der Waals surface area contributed by atoms with Gasteiger partial charge in [-0.3, -0.25) is 0 Å². The first-order valence-electron chi connectivity index (χ1n) is 8.21. The van der Waals surface area contributed by atoms with Gasteiger partial charge >= 0.3 is 0 Å². The van der Waals surface area contributed by atoms with Crippen molar-refractivity contribution in [2.45, 2.75) is 19.3 Å². The van der Waals surface area contributed by atoms with Gasteiger partial charge in [-0.15, -0.1) is 0 Å². The van der Waals surface area contributed by atoms with Gasteiger partial charge in [-0.05, 0) is 68.1 Å². The highest BCUT2D eigenvalue weighted by molar-refractivity contribution is 6.01. The fraction of sp³-hybridized carbons (Fsp3) is 0.130. The second-order valence-electron chi connectivity index (χ2n) is 7.11.